The molecule has 0 aromatic carbocycles. The lowest BCUT2D eigenvalue weighted by molar-refractivity contribution is -0.136. The molecule has 1 atom stereocenters. The average molecular weight is 280 g/mol. The zero-order valence-electron chi connectivity index (χ0n) is 12.5. The first-order valence-electron chi connectivity index (χ1n) is 7.11. The number of nitrogens with one attached hydrogen (secondary N) is 1. The van der Waals surface area contributed by atoms with Gasteiger partial charge in [0.2, 0.25) is 5.91 Å². The van der Waals surface area contributed by atoms with Crippen LogP contribution in [0, 0.1) is 0 Å². The summed E-state index contributed by atoms with van der Waals surface area (Å²) in [6, 6.07) is 0.662. The predicted molar refractivity (Wildman–Crippen MR) is 76.2 cm³/mol. The van der Waals surface area contributed by atoms with E-state index in [-0.39, 0.29) is 18.6 Å². The predicted octanol–water partition coefficient (Wildman–Crippen LogP) is 0.708. The van der Waals surface area contributed by atoms with Gasteiger partial charge in [0.25, 0.3) is 0 Å². The molecule has 2 rings (SSSR count). The van der Waals surface area contributed by atoms with Crippen LogP contribution >= 0.6 is 0 Å². The van der Waals surface area contributed by atoms with Gasteiger partial charge >= 0.3 is 0 Å². The van der Waals surface area contributed by atoms with Gasteiger partial charge in [-0.05, 0) is 19.8 Å². The molecule has 0 saturated carbocycles. The lowest BCUT2D eigenvalue weighted by atomic mass is 10.0. The fourth-order valence-corrected chi connectivity index (χ4v) is 2.73. The van der Waals surface area contributed by atoms with E-state index in [9.17, 15) is 4.79 Å². The van der Waals surface area contributed by atoms with Gasteiger partial charge in [-0.2, -0.15) is 0 Å². The number of hydrogen-bond donors (Lipinski definition) is 1. The molecule has 2 heterocycles. The van der Waals surface area contributed by atoms with E-state index in [0.29, 0.717) is 6.04 Å². The quantitative estimate of drug-likeness (QED) is 0.863. The molecule has 0 bridgehead atoms. The Morgan fingerprint density at radius 2 is 2.25 bits per heavy atom. The molecule has 1 aromatic heterocycles. The number of carbonyl (C=O) groups is 1. The zero-order valence-corrected chi connectivity index (χ0v) is 12.5. The normalized spacial score (nSPS) is 18.2. The second kappa shape index (κ2) is 6.85. The Morgan fingerprint density at radius 1 is 1.55 bits per heavy atom. The summed E-state index contributed by atoms with van der Waals surface area (Å²) in [6.45, 7) is 3.91. The van der Waals surface area contributed by atoms with Crippen LogP contribution in [0.2, 0.25) is 0 Å². The van der Waals surface area contributed by atoms with E-state index in [1.54, 1.807) is 7.11 Å². The number of amides is 1. The van der Waals surface area contributed by atoms with Crippen LogP contribution in [-0.2, 0) is 16.6 Å². The maximum Gasteiger partial charge on any atom is 0.248 e. The molecule has 6 nitrogen and oxygen atoms in total. The first kappa shape index (κ1) is 15.0. The van der Waals surface area contributed by atoms with Crippen LogP contribution in [0.1, 0.15) is 31.6 Å². The van der Waals surface area contributed by atoms with Gasteiger partial charge in [0.1, 0.15) is 12.4 Å². The molecule has 1 N–H and O–H groups in total. The summed E-state index contributed by atoms with van der Waals surface area (Å²) < 4.78 is 6.93. The highest BCUT2D eigenvalue weighted by Gasteiger charge is 2.24. The summed E-state index contributed by atoms with van der Waals surface area (Å²) >= 11 is 0. The standard InChI is InChI=1S/C14H24N4O2/c1-11(14-15-6-9-17(14)2)16-12-4-7-18(8-5-12)13(19)10-20-3/h6,9,11-12,16H,4-5,7-8,10H2,1-3H3. The third-order valence-corrected chi connectivity index (χ3v) is 3.85. The lowest BCUT2D eigenvalue weighted by Gasteiger charge is -2.33. The minimum Gasteiger partial charge on any atom is -0.375 e. The van der Waals surface area contributed by atoms with E-state index >= 15 is 0 Å². The number of hydrogen-bond acceptors (Lipinski definition) is 4. The number of nitrogens with zero attached hydrogens (tertiary/aromatic N) is 3. The summed E-state index contributed by atoms with van der Waals surface area (Å²) in [5, 5.41) is 3.60. The number of aryl methyl sites for hydroxylation is 1. The SMILES string of the molecule is COCC(=O)N1CCC(NC(C)c2nccn2C)CC1. The Balaban J connectivity index is 1.80. The largest absolute Gasteiger partial charge is 0.375 e. The topological polar surface area (TPSA) is 59.4 Å². The minimum atomic E-state index is 0.0862. The Morgan fingerprint density at radius 3 is 2.80 bits per heavy atom. The molecule has 1 unspecified atom stereocenters. The number of methoxy groups -OCH3 is 1. The molecule has 20 heavy (non-hydrogen) atoms. The van der Waals surface area contributed by atoms with Crippen LogP contribution in [0.15, 0.2) is 12.4 Å². The monoisotopic (exact) mass is 280 g/mol. The fourth-order valence-electron chi connectivity index (χ4n) is 2.73. The van der Waals surface area contributed by atoms with E-state index in [0.717, 1.165) is 31.8 Å². The average Bonchev–Trinajstić information content (AvgIpc) is 2.86. The summed E-state index contributed by atoms with van der Waals surface area (Å²) in [6.07, 6.45) is 5.73. The number of rotatable bonds is 5. The Bertz CT molecular complexity index is 438. The van der Waals surface area contributed by atoms with Crippen molar-refractivity contribution < 1.29 is 9.53 Å². The van der Waals surface area contributed by atoms with E-state index < -0.39 is 0 Å². The molecule has 1 amide bonds. The Labute approximate surface area is 120 Å². The zero-order chi connectivity index (χ0) is 14.5. The maximum absolute atomic E-state index is 11.7. The van der Waals surface area contributed by atoms with Crippen LogP contribution in [0.5, 0.6) is 0 Å². The first-order valence-corrected chi connectivity index (χ1v) is 7.11. The third-order valence-electron chi connectivity index (χ3n) is 3.85. The fraction of sp³-hybridized carbons (Fsp3) is 0.714. The smallest absolute Gasteiger partial charge is 0.248 e. The summed E-state index contributed by atoms with van der Waals surface area (Å²) in [5.41, 5.74) is 0. The van der Waals surface area contributed by atoms with Gasteiger partial charge in [-0.15, -0.1) is 0 Å². The second-order valence-electron chi connectivity index (χ2n) is 5.37. The summed E-state index contributed by atoms with van der Waals surface area (Å²) in [4.78, 5) is 18.0. The van der Waals surface area contributed by atoms with Crippen molar-refractivity contribution in [3.8, 4) is 0 Å². The van der Waals surface area contributed by atoms with Gasteiger partial charge in [0, 0.05) is 45.7 Å². The van der Waals surface area contributed by atoms with Crippen molar-refractivity contribution in [2.45, 2.75) is 31.8 Å². The van der Waals surface area contributed by atoms with Crippen molar-refractivity contribution >= 4 is 5.91 Å². The molecule has 0 aliphatic carbocycles. The van der Waals surface area contributed by atoms with Gasteiger partial charge in [0.15, 0.2) is 0 Å². The third kappa shape index (κ3) is 3.58. The van der Waals surface area contributed by atoms with Gasteiger partial charge in [-0.1, -0.05) is 0 Å². The second-order valence-corrected chi connectivity index (χ2v) is 5.37. The van der Waals surface area contributed by atoms with Crippen LogP contribution < -0.4 is 5.32 Å². The molecule has 6 heteroatoms. The van der Waals surface area contributed by atoms with Crippen molar-refractivity contribution in [2.75, 3.05) is 26.8 Å². The molecule has 1 aliphatic heterocycles. The highest BCUT2D eigenvalue weighted by atomic mass is 16.5. The van der Waals surface area contributed by atoms with Crippen LogP contribution in [0.3, 0.4) is 0 Å². The number of ether oxygens (including phenoxy) is 1. The van der Waals surface area contributed by atoms with Crippen molar-refractivity contribution in [2.24, 2.45) is 7.05 Å². The number of aromatic nitrogens is 2. The Kier molecular flexibility index (Phi) is 5.14. The molecule has 1 saturated heterocycles. The van der Waals surface area contributed by atoms with Crippen molar-refractivity contribution in [3.63, 3.8) is 0 Å². The van der Waals surface area contributed by atoms with Crippen LogP contribution in [-0.4, -0.2) is 53.2 Å². The van der Waals surface area contributed by atoms with Gasteiger partial charge in [-0.25, -0.2) is 4.98 Å². The molecule has 1 fully saturated rings. The molecule has 1 aromatic rings. The van der Waals surface area contributed by atoms with Crippen molar-refractivity contribution in [1.29, 1.82) is 0 Å². The number of imidazole rings is 1. The van der Waals surface area contributed by atoms with Gasteiger partial charge in [-0.3, -0.25) is 4.79 Å². The highest BCUT2D eigenvalue weighted by molar-refractivity contribution is 5.77. The molecule has 0 spiro atoms. The van der Waals surface area contributed by atoms with Crippen molar-refractivity contribution in [1.82, 2.24) is 19.8 Å². The lowest BCUT2D eigenvalue weighted by Crippen LogP contribution is -2.46. The van der Waals surface area contributed by atoms with E-state index in [1.807, 2.05) is 28.9 Å². The molecular formula is C14H24N4O2. The van der Waals surface area contributed by atoms with Gasteiger partial charge < -0.3 is 19.5 Å². The van der Waals surface area contributed by atoms with Crippen LogP contribution in [0.4, 0.5) is 0 Å². The molecule has 1 aliphatic rings. The highest BCUT2D eigenvalue weighted by Crippen LogP contribution is 2.16. The summed E-state index contributed by atoms with van der Waals surface area (Å²) in [5.74, 6) is 1.13. The van der Waals surface area contributed by atoms with E-state index in [1.165, 1.54) is 0 Å². The number of carbonyl (C=O) groups excluding carboxylic acids is 1. The maximum atomic E-state index is 11.7. The molecule has 112 valence electrons. The molecular weight excluding hydrogens is 256 g/mol. The minimum absolute atomic E-state index is 0.0862. The molecule has 0 radical (unpaired) electrons. The van der Waals surface area contributed by atoms with E-state index in [4.69, 9.17) is 4.74 Å². The number of piperidine rings is 1. The van der Waals surface area contributed by atoms with Gasteiger partial charge in [0.05, 0.1) is 6.04 Å². The Hall–Kier alpha value is -1.40. The van der Waals surface area contributed by atoms with Crippen LogP contribution in [0.25, 0.3) is 0 Å². The summed E-state index contributed by atoms with van der Waals surface area (Å²) in [7, 11) is 3.56. The van der Waals surface area contributed by atoms with E-state index in [2.05, 4.69) is 17.2 Å². The van der Waals surface area contributed by atoms with Crippen molar-refractivity contribution in [3.05, 3.63) is 18.2 Å². The number of likely N-dealkylation sites (tertiary alicyclic amines) is 1. The first-order chi connectivity index (χ1) is 9.61.